The quantitative estimate of drug-likeness (QED) is 0.462. The molecule has 0 saturated carbocycles. The van der Waals surface area contributed by atoms with Crippen LogP contribution in [0, 0.1) is 23.0 Å². The first-order chi connectivity index (χ1) is 15.3. The number of carbonyl (C=O) groups is 1. The van der Waals surface area contributed by atoms with Crippen molar-refractivity contribution in [3.8, 4) is 0 Å². The predicted molar refractivity (Wildman–Crippen MR) is 122 cm³/mol. The van der Waals surface area contributed by atoms with Gasteiger partial charge in [-0.15, -0.1) is 0 Å². The van der Waals surface area contributed by atoms with Crippen molar-refractivity contribution >= 4 is 38.1 Å². The van der Waals surface area contributed by atoms with Crippen LogP contribution in [0.25, 0.3) is 10.8 Å². The molecule has 0 atom stereocenters. The highest BCUT2D eigenvalue weighted by Gasteiger charge is 2.33. The van der Waals surface area contributed by atoms with E-state index in [0.717, 1.165) is 22.5 Å². The molecule has 0 aliphatic carbocycles. The number of nitro groups is 1. The number of amides is 1. The molecular weight excluding hydrogens is 430 g/mol. The fraction of sp³-hybridized carbons (Fsp3) is 0.261. The lowest BCUT2D eigenvalue weighted by Crippen LogP contribution is -2.41. The van der Waals surface area contributed by atoms with Crippen LogP contribution in [0.3, 0.4) is 0 Å². The molecule has 9 heteroatoms. The number of aryl methyl sites for hydroxylation is 1. The Kier molecular flexibility index (Phi) is 5.94. The van der Waals surface area contributed by atoms with E-state index in [-0.39, 0.29) is 35.5 Å². The first-order valence-electron chi connectivity index (χ1n) is 10.3. The van der Waals surface area contributed by atoms with Crippen LogP contribution >= 0.6 is 0 Å². The summed E-state index contributed by atoms with van der Waals surface area (Å²) in [6.07, 6.45) is 0.758. The minimum absolute atomic E-state index is 0.0645. The fourth-order valence-electron chi connectivity index (χ4n) is 4.05. The molecule has 0 aromatic heterocycles. The standard InChI is InChI=1S/C23H23N3O5S/c1-16-9-10-19(26(28)29)15-22(16)32(30,31)25-13-11-18(12-14-25)23(27)24-21-8-4-6-17-5-2-3-7-20(17)21/h2-10,15,18H,11-14H2,1H3,(H,24,27). The van der Waals surface area contributed by atoms with Gasteiger partial charge in [-0.2, -0.15) is 4.31 Å². The van der Waals surface area contributed by atoms with Gasteiger partial charge >= 0.3 is 0 Å². The number of benzene rings is 3. The van der Waals surface area contributed by atoms with E-state index in [9.17, 15) is 23.3 Å². The second kappa shape index (κ2) is 8.68. The lowest BCUT2D eigenvalue weighted by atomic mass is 9.97. The SMILES string of the molecule is Cc1ccc([N+](=O)[O-])cc1S(=O)(=O)N1CCC(C(=O)Nc2cccc3ccccc23)CC1. The molecule has 1 aliphatic rings. The number of rotatable bonds is 5. The largest absolute Gasteiger partial charge is 0.325 e. The average molecular weight is 454 g/mol. The van der Waals surface area contributed by atoms with Crippen LogP contribution in [0.2, 0.25) is 0 Å². The molecule has 166 valence electrons. The van der Waals surface area contributed by atoms with E-state index in [1.54, 1.807) is 6.92 Å². The van der Waals surface area contributed by atoms with Crippen molar-refractivity contribution in [3.05, 3.63) is 76.3 Å². The van der Waals surface area contributed by atoms with Gasteiger partial charge < -0.3 is 5.32 Å². The van der Waals surface area contributed by atoms with Gasteiger partial charge in [0, 0.05) is 42.2 Å². The Labute approximate surface area is 186 Å². The number of hydrogen-bond acceptors (Lipinski definition) is 5. The maximum Gasteiger partial charge on any atom is 0.270 e. The third kappa shape index (κ3) is 4.21. The lowest BCUT2D eigenvalue weighted by Gasteiger charge is -2.31. The molecule has 4 rings (SSSR count). The topological polar surface area (TPSA) is 110 Å². The molecular formula is C23H23N3O5S. The molecule has 0 spiro atoms. The molecule has 1 fully saturated rings. The van der Waals surface area contributed by atoms with Crippen LogP contribution in [-0.4, -0.2) is 36.6 Å². The Bertz CT molecular complexity index is 1290. The van der Waals surface area contributed by atoms with E-state index in [0.29, 0.717) is 18.4 Å². The van der Waals surface area contributed by atoms with Gasteiger partial charge in [0.2, 0.25) is 15.9 Å². The maximum atomic E-state index is 13.1. The molecule has 1 aliphatic heterocycles. The van der Waals surface area contributed by atoms with E-state index in [4.69, 9.17) is 0 Å². The fourth-order valence-corrected chi connectivity index (χ4v) is 5.76. The summed E-state index contributed by atoms with van der Waals surface area (Å²) in [5, 5.41) is 16.0. The minimum Gasteiger partial charge on any atom is -0.325 e. The molecule has 1 amide bonds. The zero-order chi connectivity index (χ0) is 22.9. The van der Waals surface area contributed by atoms with E-state index >= 15 is 0 Å². The van der Waals surface area contributed by atoms with Crippen LogP contribution in [0.4, 0.5) is 11.4 Å². The van der Waals surface area contributed by atoms with Crippen molar-refractivity contribution in [1.29, 1.82) is 0 Å². The zero-order valence-electron chi connectivity index (χ0n) is 17.5. The number of hydrogen-bond donors (Lipinski definition) is 1. The van der Waals surface area contributed by atoms with Crippen LogP contribution < -0.4 is 5.32 Å². The molecule has 0 unspecified atom stereocenters. The van der Waals surface area contributed by atoms with Gasteiger partial charge in [-0.05, 0) is 36.8 Å². The van der Waals surface area contributed by atoms with Crippen molar-refractivity contribution in [2.75, 3.05) is 18.4 Å². The molecule has 0 radical (unpaired) electrons. The number of fused-ring (bicyclic) bond motifs is 1. The second-order valence-electron chi connectivity index (χ2n) is 7.90. The summed E-state index contributed by atoms with van der Waals surface area (Å²) in [4.78, 5) is 23.3. The summed E-state index contributed by atoms with van der Waals surface area (Å²) in [7, 11) is -3.89. The lowest BCUT2D eigenvalue weighted by molar-refractivity contribution is -0.385. The summed E-state index contributed by atoms with van der Waals surface area (Å²) in [6, 6.07) is 17.3. The number of nitro benzene ring substituents is 1. The molecule has 8 nitrogen and oxygen atoms in total. The third-order valence-electron chi connectivity index (χ3n) is 5.87. The van der Waals surface area contributed by atoms with Gasteiger partial charge in [-0.25, -0.2) is 8.42 Å². The Balaban J connectivity index is 1.46. The number of anilines is 1. The molecule has 1 saturated heterocycles. The van der Waals surface area contributed by atoms with Crippen LogP contribution in [0.5, 0.6) is 0 Å². The summed E-state index contributed by atoms with van der Waals surface area (Å²) in [5.74, 6) is -0.448. The number of nitrogens with zero attached hydrogens (tertiary/aromatic N) is 2. The first-order valence-corrected chi connectivity index (χ1v) is 11.8. The smallest absolute Gasteiger partial charge is 0.270 e. The molecule has 3 aromatic carbocycles. The van der Waals surface area contributed by atoms with Gasteiger partial charge in [0.15, 0.2) is 0 Å². The van der Waals surface area contributed by atoms with E-state index in [1.807, 2.05) is 42.5 Å². The summed E-state index contributed by atoms with van der Waals surface area (Å²) < 4.78 is 27.5. The molecule has 32 heavy (non-hydrogen) atoms. The van der Waals surface area contributed by atoms with Gasteiger partial charge in [0.1, 0.15) is 0 Å². The van der Waals surface area contributed by atoms with Gasteiger partial charge in [0.25, 0.3) is 5.69 Å². The molecule has 1 heterocycles. The van der Waals surface area contributed by atoms with Gasteiger partial charge in [-0.3, -0.25) is 14.9 Å². The molecule has 0 bridgehead atoms. The highest BCUT2D eigenvalue weighted by Crippen LogP contribution is 2.29. The van der Waals surface area contributed by atoms with Crippen LogP contribution in [0.15, 0.2) is 65.6 Å². The van der Waals surface area contributed by atoms with E-state index in [1.165, 1.54) is 16.4 Å². The van der Waals surface area contributed by atoms with Crippen LogP contribution in [0.1, 0.15) is 18.4 Å². The molecule has 3 aromatic rings. The zero-order valence-corrected chi connectivity index (χ0v) is 18.3. The van der Waals surface area contributed by atoms with Crippen LogP contribution in [-0.2, 0) is 14.8 Å². The number of sulfonamides is 1. The third-order valence-corrected chi connectivity index (χ3v) is 7.91. The van der Waals surface area contributed by atoms with E-state index < -0.39 is 14.9 Å². The Hall–Kier alpha value is -3.30. The van der Waals surface area contributed by atoms with E-state index in [2.05, 4.69) is 5.32 Å². The normalized spacial score (nSPS) is 15.5. The highest BCUT2D eigenvalue weighted by molar-refractivity contribution is 7.89. The summed E-state index contributed by atoms with van der Waals surface area (Å²) >= 11 is 0. The van der Waals surface area contributed by atoms with Crippen molar-refractivity contribution in [2.24, 2.45) is 5.92 Å². The number of nitrogens with one attached hydrogen (secondary N) is 1. The Morgan fingerprint density at radius 2 is 1.75 bits per heavy atom. The Morgan fingerprint density at radius 3 is 2.47 bits per heavy atom. The molecule has 1 N–H and O–H groups in total. The highest BCUT2D eigenvalue weighted by atomic mass is 32.2. The second-order valence-corrected chi connectivity index (χ2v) is 9.81. The first kappa shape index (κ1) is 21.9. The monoisotopic (exact) mass is 453 g/mol. The van der Waals surface area contributed by atoms with Crippen molar-refractivity contribution < 1.29 is 18.1 Å². The Morgan fingerprint density at radius 1 is 1.06 bits per heavy atom. The maximum absolute atomic E-state index is 13.1. The van der Waals surface area contributed by atoms with Crippen molar-refractivity contribution in [3.63, 3.8) is 0 Å². The van der Waals surface area contributed by atoms with Gasteiger partial charge in [0.05, 0.1) is 9.82 Å². The van der Waals surface area contributed by atoms with Crippen molar-refractivity contribution in [2.45, 2.75) is 24.7 Å². The van der Waals surface area contributed by atoms with Crippen molar-refractivity contribution in [1.82, 2.24) is 4.31 Å². The number of non-ortho nitro benzene ring substituents is 1. The average Bonchev–Trinajstić information content (AvgIpc) is 2.79. The predicted octanol–water partition coefficient (Wildman–Crippen LogP) is 4.10. The number of piperidine rings is 1. The minimum atomic E-state index is -3.89. The number of carbonyl (C=O) groups excluding carboxylic acids is 1. The summed E-state index contributed by atoms with van der Waals surface area (Å²) in [6.45, 7) is 1.97. The summed E-state index contributed by atoms with van der Waals surface area (Å²) in [5.41, 5.74) is 0.917. The van der Waals surface area contributed by atoms with Gasteiger partial charge in [-0.1, -0.05) is 42.5 Å².